The number of nitrogens with zero attached hydrogens (tertiary/aromatic N) is 4. The zero-order valence-electron chi connectivity index (χ0n) is 10.3. The van der Waals surface area contributed by atoms with Crippen LogP contribution in [-0.4, -0.2) is 60.2 Å². The predicted molar refractivity (Wildman–Crippen MR) is 67.2 cm³/mol. The highest BCUT2D eigenvalue weighted by Gasteiger charge is 2.27. The van der Waals surface area contributed by atoms with Gasteiger partial charge in [-0.1, -0.05) is 0 Å². The fourth-order valence-corrected chi connectivity index (χ4v) is 2.46. The molecular formula is C12H19N5. The third kappa shape index (κ3) is 2.25. The summed E-state index contributed by atoms with van der Waals surface area (Å²) in [5.74, 6) is 1.07. The van der Waals surface area contributed by atoms with Crippen LogP contribution >= 0.6 is 0 Å². The molecule has 1 N–H and O–H groups in total. The average Bonchev–Trinajstić information content (AvgIpc) is 2.28. The Bertz CT molecular complexity index is 382. The topological polar surface area (TPSA) is 44.3 Å². The van der Waals surface area contributed by atoms with E-state index in [4.69, 9.17) is 0 Å². The second-order valence-corrected chi connectivity index (χ2v) is 4.85. The van der Waals surface area contributed by atoms with E-state index in [1.165, 1.54) is 0 Å². The van der Waals surface area contributed by atoms with Crippen molar-refractivity contribution in [1.82, 2.24) is 20.2 Å². The summed E-state index contributed by atoms with van der Waals surface area (Å²) in [7, 11) is 0. The standard InChI is InChI=1S/C12H19N5/c1-10-6-12(15-9-14-10)17-4-2-16(3-5-17)11-7-13-8-11/h6,9,11,13H,2-5,7-8H2,1H3. The van der Waals surface area contributed by atoms with E-state index in [-0.39, 0.29) is 0 Å². The number of rotatable bonds is 2. The highest BCUT2D eigenvalue weighted by atomic mass is 15.3. The summed E-state index contributed by atoms with van der Waals surface area (Å²) in [6, 6.07) is 2.84. The summed E-state index contributed by atoms with van der Waals surface area (Å²) in [4.78, 5) is 13.4. The molecule has 0 atom stereocenters. The Balaban J connectivity index is 1.60. The van der Waals surface area contributed by atoms with Gasteiger partial charge in [0.15, 0.2) is 0 Å². The van der Waals surface area contributed by atoms with Crippen molar-refractivity contribution in [3.8, 4) is 0 Å². The lowest BCUT2D eigenvalue weighted by Gasteiger charge is -2.43. The molecule has 0 spiro atoms. The Morgan fingerprint density at radius 1 is 1.18 bits per heavy atom. The van der Waals surface area contributed by atoms with E-state index < -0.39 is 0 Å². The fraction of sp³-hybridized carbons (Fsp3) is 0.667. The highest BCUT2D eigenvalue weighted by molar-refractivity contribution is 5.39. The molecule has 5 heteroatoms. The largest absolute Gasteiger partial charge is 0.354 e. The quantitative estimate of drug-likeness (QED) is 0.771. The number of hydrogen-bond donors (Lipinski definition) is 1. The van der Waals surface area contributed by atoms with E-state index in [0.29, 0.717) is 0 Å². The van der Waals surface area contributed by atoms with Crippen molar-refractivity contribution in [1.29, 1.82) is 0 Å². The van der Waals surface area contributed by atoms with Gasteiger partial charge in [-0.2, -0.15) is 0 Å². The second-order valence-electron chi connectivity index (χ2n) is 4.85. The van der Waals surface area contributed by atoms with Crippen LogP contribution in [0.2, 0.25) is 0 Å². The molecule has 0 aliphatic carbocycles. The molecule has 0 amide bonds. The van der Waals surface area contributed by atoms with Crippen LogP contribution in [-0.2, 0) is 0 Å². The average molecular weight is 233 g/mol. The first-order chi connectivity index (χ1) is 8.33. The maximum absolute atomic E-state index is 4.35. The minimum Gasteiger partial charge on any atom is -0.354 e. The molecule has 3 rings (SSSR count). The first-order valence-electron chi connectivity index (χ1n) is 6.31. The predicted octanol–water partition coefficient (Wildman–Crippen LogP) is -0.121. The zero-order chi connectivity index (χ0) is 11.7. The summed E-state index contributed by atoms with van der Waals surface area (Å²) in [5, 5.41) is 3.33. The van der Waals surface area contributed by atoms with Crippen molar-refractivity contribution < 1.29 is 0 Å². The minimum atomic E-state index is 0.768. The molecular weight excluding hydrogens is 214 g/mol. The Hall–Kier alpha value is -1.20. The molecule has 1 aromatic rings. The van der Waals surface area contributed by atoms with Gasteiger partial charge in [-0.3, -0.25) is 4.90 Å². The number of hydrogen-bond acceptors (Lipinski definition) is 5. The van der Waals surface area contributed by atoms with Crippen molar-refractivity contribution in [2.45, 2.75) is 13.0 Å². The van der Waals surface area contributed by atoms with Crippen LogP contribution < -0.4 is 10.2 Å². The van der Waals surface area contributed by atoms with Gasteiger partial charge in [-0.25, -0.2) is 9.97 Å². The SMILES string of the molecule is Cc1cc(N2CCN(C3CNC3)CC2)ncn1. The van der Waals surface area contributed by atoms with Crippen LogP contribution in [0.25, 0.3) is 0 Å². The molecule has 0 radical (unpaired) electrons. The van der Waals surface area contributed by atoms with Gasteiger partial charge in [0.2, 0.25) is 0 Å². The molecule has 1 aromatic heterocycles. The Morgan fingerprint density at radius 2 is 1.94 bits per heavy atom. The lowest BCUT2D eigenvalue weighted by molar-refractivity contribution is 0.137. The fourth-order valence-electron chi connectivity index (χ4n) is 2.46. The van der Waals surface area contributed by atoms with Crippen LogP contribution in [0.15, 0.2) is 12.4 Å². The molecule has 0 unspecified atom stereocenters. The van der Waals surface area contributed by atoms with E-state index in [2.05, 4.69) is 31.2 Å². The molecule has 5 nitrogen and oxygen atoms in total. The van der Waals surface area contributed by atoms with Gasteiger partial charge < -0.3 is 10.2 Å². The van der Waals surface area contributed by atoms with E-state index in [9.17, 15) is 0 Å². The van der Waals surface area contributed by atoms with E-state index >= 15 is 0 Å². The van der Waals surface area contributed by atoms with Gasteiger partial charge in [0, 0.05) is 57.1 Å². The maximum atomic E-state index is 4.35. The van der Waals surface area contributed by atoms with Crippen molar-refractivity contribution in [3.05, 3.63) is 18.1 Å². The highest BCUT2D eigenvalue weighted by Crippen LogP contribution is 2.15. The normalized spacial score (nSPS) is 22.5. The summed E-state index contributed by atoms with van der Waals surface area (Å²) in [6.07, 6.45) is 1.66. The number of aromatic nitrogens is 2. The monoisotopic (exact) mass is 233 g/mol. The summed E-state index contributed by atoms with van der Waals surface area (Å²) in [5.41, 5.74) is 1.04. The molecule has 2 fully saturated rings. The third-order valence-corrected chi connectivity index (χ3v) is 3.70. The number of nitrogens with one attached hydrogen (secondary N) is 1. The van der Waals surface area contributed by atoms with Gasteiger partial charge in [-0.05, 0) is 6.92 Å². The van der Waals surface area contributed by atoms with Crippen LogP contribution in [0, 0.1) is 6.92 Å². The van der Waals surface area contributed by atoms with Crippen LogP contribution in [0.5, 0.6) is 0 Å². The van der Waals surface area contributed by atoms with Crippen LogP contribution in [0.4, 0.5) is 5.82 Å². The minimum absolute atomic E-state index is 0.768. The molecule has 92 valence electrons. The molecule has 2 saturated heterocycles. The second kappa shape index (κ2) is 4.58. The summed E-state index contributed by atoms with van der Waals surface area (Å²) in [6.45, 7) is 8.78. The smallest absolute Gasteiger partial charge is 0.132 e. The van der Waals surface area contributed by atoms with Crippen LogP contribution in [0.3, 0.4) is 0 Å². The van der Waals surface area contributed by atoms with E-state index in [1.54, 1.807) is 6.33 Å². The molecule has 2 aliphatic rings. The molecule has 17 heavy (non-hydrogen) atoms. The first kappa shape index (κ1) is 10.9. The zero-order valence-corrected chi connectivity index (χ0v) is 10.3. The number of aryl methyl sites for hydroxylation is 1. The lowest BCUT2D eigenvalue weighted by atomic mass is 10.1. The number of piperazine rings is 1. The molecule has 0 bridgehead atoms. The number of anilines is 1. The maximum Gasteiger partial charge on any atom is 0.132 e. The Morgan fingerprint density at radius 3 is 2.53 bits per heavy atom. The van der Waals surface area contributed by atoms with E-state index in [0.717, 1.165) is 56.8 Å². The Kier molecular flexibility index (Phi) is 2.94. The van der Waals surface area contributed by atoms with Crippen LogP contribution in [0.1, 0.15) is 5.69 Å². The van der Waals surface area contributed by atoms with Crippen molar-refractivity contribution in [2.75, 3.05) is 44.2 Å². The van der Waals surface area contributed by atoms with Crippen molar-refractivity contribution >= 4 is 5.82 Å². The van der Waals surface area contributed by atoms with Gasteiger partial charge in [0.25, 0.3) is 0 Å². The molecule has 3 heterocycles. The van der Waals surface area contributed by atoms with Gasteiger partial charge >= 0.3 is 0 Å². The summed E-state index contributed by atoms with van der Waals surface area (Å²) >= 11 is 0. The lowest BCUT2D eigenvalue weighted by Crippen LogP contribution is -2.61. The summed E-state index contributed by atoms with van der Waals surface area (Å²) < 4.78 is 0. The molecule has 2 aliphatic heterocycles. The molecule has 0 saturated carbocycles. The first-order valence-corrected chi connectivity index (χ1v) is 6.31. The van der Waals surface area contributed by atoms with Gasteiger partial charge in [0.1, 0.15) is 12.1 Å². The molecule has 0 aromatic carbocycles. The van der Waals surface area contributed by atoms with Crippen molar-refractivity contribution in [3.63, 3.8) is 0 Å². The Labute approximate surface area is 102 Å². The third-order valence-electron chi connectivity index (χ3n) is 3.70. The van der Waals surface area contributed by atoms with E-state index in [1.807, 2.05) is 6.92 Å². The van der Waals surface area contributed by atoms with Crippen molar-refractivity contribution in [2.24, 2.45) is 0 Å². The van der Waals surface area contributed by atoms with Gasteiger partial charge in [0.05, 0.1) is 0 Å². The van der Waals surface area contributed by atoms with Gasteiger partial charge in [-0.15, -0.1) is 0 Å².